The third-order valence-electron chi connectivity index (χ3n) is 2.54. The fourth-order valence-corrected chi connectivity index (χ4v) is 2.01. The van der Waals surface area contributed by atoms with Crippen molar-refractivity contribution in [1.82, 2.24) is 4.98 Å². The summed E-state index contributed by atoms with van der Waals surface area (Å²) in [6, 6.07) is 0.296. The SMILES string of the molecule is CCCC(C)Nc1ncc([N+](=O)[O-])c(C)c1Br. The molecule has 1 N–H and O–H groups in total. The van der Waals surface area contributed by atoms with Crippen molar-refractivity contribution in [3.05, 3.63) is 26.3 Å². The first-order chi connectivity index (χ1) is 7.97. The molecule has 0 aliphatic heterocycles. The van der Waals surface area contributed by atoms with Crippen molar-refractivity contribution in [3.63, 3.8) is 0 Å². The van der Waals surface area contributed by atoms with E-state index < -0.39 is 4.92 Å². The van der Waals surface area contributed by atoms with E-state index in [-0.39, 0.29) is 5.69 Å². The number of nitro groups is 1. The number of anilines is 1. The molecule has 6 heteroatoms. The van der Waals surface area contributed by atoms with Gasteiger partial charge < -0.3 is 5.32 Å². The Bertz CT molecular complexity index is 423. The van der Waals surface area contributed by atoms with Crippen LogP contribution in [0, 0.1) is 17.0 Å². The summed E-state index contributed by atoms with van der Waals surface area (Å²) in [5.74, 6) is 0.661. The Hall–Kier alpha value is -1.17. The number of hydrogen-bond acceptors (Lipinski definition) is 4. The van der Waals surface area contributed by atoms with Gasteiger partial charge in [-0.3, -0.25) is 10.1 Å². The molecular weight excluding hydrogens is 286 g/mol. The Labute approximate surface area is 109 Å². The predicted octanol–water partition coefficient (Wildman–Crippen LogP) is 3.66. The maximum absolute atomic E-state index is 10.7. The molecule has 0 spiro atoms. The maximum atomic E-state index is 10.7. The number of pyridine rings is 1. The summed E-state index contributed by atoms with van der Waals surface area (Å²) in [6.07, 6.45) is 3.41. The van der Waals surface area contributed by atoms with Gasteiger partial charge in [0, 0.05) is 11.6 Å². The van der Waals surface area contributed by atoms with E-state index >= 15 is 0 Å². The molecule has 1 heterocycles. The molecule has 1 aromatic rings. The number of rotatable bonds is 5. The topological polar surface area (TPSA) is 68.1 Å². The maximum Gasteiger partial charge on any atom is 0.291 e. The second kappa shape index (κ2) is 5.95. The van der Waals surface area contributed by atoms with Crippen LogP contribution in [0.3, 0.4) is 0 Å². The Kier molecular flexibility index (Phi) is 4.86. The summed E-state index contributed by atoms with van der Waals surface area (Å²) in [6.45, 7) is 5.88. The molecule has 0 radical (unpaired) electrons. The highest BCUT2D eigenvalue weighted by atomic mass is 79.9. The lowest BCUT2D eigenvalue weighted by Crippen LogP contribution is -2.16. The molecule has 5 nitrogen and oxygen atoms in total. The van der Waals surface area contributed by atoms with Crippen LogP contribution in [-0.2, 0) is 0 Å². The van der Waals surface area contributed by atoms with Crippen LogP contribution >= 0.6 is 15.9 Å². The zero-order valence-electron chi connectivity index (χ0n) is 10.2. The van der Waals surface area contributed by atoms with Crippen LogP contribution in [0.5, 0.6) is 0 Å². The standard InChI is InChI=1S/C11H16BrN3O2/c1-4-5-7(2)14-11-10(12)8(3)9(6-13-11)15(16)17/h6-7H,4-5H2,1-3H3,(H,13,14). The van der Waals surface area contributed by atoms with Crippen LogP contribution < -0.4 is 5.32 Å². The average Bonchev–Trinajstić information content (AvgIpc) is 2.25. The molecule has 0 amide bonds. The first-order valence-corrected chi connectivity index (χ1v) is 6.32. The van der Waals surface area contributed by atoms with Crippen LogP contribution in [0.4, 0.5) is 11.5 Å². The van der Waals surface area contributed by atoms with Gasteiger partial charge >= 0.3 is 0 Å². The van der Waals surface area contributed by atoms with Gasteiger partial charge in [0.25, 0.3) is 5.69 Å². The summed E-state index contributed by atoms with van der Waals surface area (Å²) < 4.78 is 0.662. The minimum absolute atomic E-state index is 0.0329. The highest BCUT2D eigenvalue weighted by molar-refractivity contribution is 9.10. The van der Waals surface area contributed by atoms with Gasteiger partial charge in [0.2, 0.25) is 0 Å². The van der Waals surface area contributed by atoms with E-state index in [4.69, 9.17) is 0 Å². The van der Waals surface area contributed by atoms with Crippen LogP contribution in [0.1, 0.15) is 32.3 Å². The van der Waals surface area contributed by atoms with Gasteiger partial charge in [0.15, 0.2) is 0 Å². The molecule has 1 aromatic heterocycles. The van der Waals surface area contributed by atoms with Gasteiger partial charge in [-0.05, 0) is 36.2 Å². The number of nitrogens with one attached hydrogen (secondary N) is 1. The highest BCUT2D eigenvalue weighted by Crippen LogP contribution is 2.30. The van der Waals surface area contributed by atoms with Gasteiger partial charge in [-0.25, -0.2) is 4.98 Å². The second-order valence-electron chi connectivity index (χ2n) is 4.02. The van der Waals surface area contributed by atoms with Crippen molar-refractivity contribution in [2.24, 2.45) is 0 Å². The van der Waals surface area contributed by atoms with Crippen molar-refractivity contribution < 1.29 is 4.92 Å². The number of aromatic nitrogens is 1. The third kappa shape index (κ3) is 3.39. The summed E-state index contributed by atoms with van der Waals surface area (Å²) in [4.78, 5) is 14.4. The molecule has 0 bridgehead atoms. The van der Waals surface area contributed by atoms with Crippen LogP contribution in [0.25, 0.3) is 0 Å². The van der Waals surface area contributed by atoms with Gasteiger partial charge in [0.05, 0.1) is 9.40 Å². The predicted molar refractivity (Wildman–Crippen MR) is 71.3 cm³/mol. The zero-order chi connectivity index (χ0) is 13.0. The van der Waals surface area contributed by atoms with E-state index in [0.29, 0.717) is 21.9 Å². The van der Waals surface area contributed by atoms with Crippen LogP contribution in [-0.4, -0.2) is 15.9 Å². The minimum atomic E-state index is -0.424. The molecule has 1 unspecified atom stereocenters. The van der Waals surface area contributed by atoms with Crippen molar-refractivity contribution in [2.75, 3.05) is 5.32 Å². The van der Waals surface area contributed by atoms with Crippen molar-refractivity contribution in [1.29, 1.82) is 0 Å². The molecule has 1 atom stereocenters. The summed E-state index contributed by atoms with van der Waals surface area (Å²) in [5.41, 5.74) is 0.627. The normalized spacial score (nSPS) is 12.2. The molecule has 94 valence electrons. The smallest absolute Gasteiger partial charge is 0.291 e. The van der Waals surface area contributed by atoms with E-state index in [1.165, 1.54) is 6.20 Å². The fourth-order valence-electron chi connectivity index (χ4n) is 1.59. The largest absolute Gasteiger partial charge is 0.367 e. The van der Waals surface area contributed by atoms with E-state index in [2.05, 4.69) is 40.1 Å². The first-order valence-electron chi connectivity index (χ1n) is 5.53. The van der Waals surface area contributed by atoms with E-state index in [1.807, 2.05) is 0 Å². The van der Waals surface area contributed by atoms with Gasteiger partial charge in [-0.1, -0.05) is 13.3 Å². The summed E-state index contributed by atoms with van der Waals surface area (Å²) >= 11 is 3.35. The zero-order valence-corrected chi connectivity index (χ0v) is 11.7. The molecule has 0 fully saturated rings. The lowest BCUT2D eigenvalue weighted by atomic mass is 10.2. The van der Waals surface area contributed by atoms with Crippen molar-refractivity contribution in [2.45, 2.75) is 39.7 Å². The van der Waals surface area contributed by atoms with Crippen molar-refractivity contribution >= 4 is 27.4 Å². The monoisotopic (exact) mass is 301 g/mol. The van der Waals surface area contributed by atoms with E-state index in [1.54, 1.807) is 6.92 Å². The fraction of sp³-hybridized carbons (Fsp3) is 0.545. The molecular formula is C11H16BrN3O2. The summed E-state index contributed by atoms with van der Waals surface area (Å²) in [5, 5.41) is 14.0. The number of nitrogens with zero attached hydrogens (tertiary/aromatic N) is 2. The lowest BCUT2D eigenvalue weighted by molar-refractivity contribution is -0.385. The average molecular weight is 302 g/mol. The molecule has 0 saturated heterocycles. The van der Waals surface area contributed by atoms with E-state index in [9.17, 15) is 10.1 Å². The molecule has 0 aromatic carbocycles. The molecule has 0 aliphatic rings. The number of hydrogen-bond donors (Lipinski definition) is 1. The second-order valence-corrected chi connectivity index (χ2v) is 4.82. The van der Waals surface area contributed by atoms with Crippen molar-refractivity contribution in [3.8, 4) is 0 Å². The van der Waals surface area contributed by atoms with Gasteiger partial charge in [0.1, 0.15) is 12.0 Å². The molecule has 17 heavy (non-hydrogen) atoms. The highest BCUT2D eigenvalue weighted by Gasteiger charge is 2.17. The van der Waals surface area contributed by atoms with E-state index in [0.717, 1.165) is 12.8 Å². The quantitative estimate of drug-likeness (QED) is 0.665. The molecule has 0 aliphatic carbocycles. The summed E-state index contributed by atoms with van der Waals surface area (Å²) in [7, 11) is 0. The lowest BCUT2D eigenvalue weighted by Gasteiger charge is -2.15. The Morgan fingerprint density at radius 2 is 2.29 bits per heavy atom. The van der Waals surface area contributed by atoms with Crippen LogP contribution in [0.2, 0.25) is 0 Å². The Morgan fingerprint density at radius 1 is 1.65 bits per heavy atom. The van der Waals surface area contributed by atoms with Crippen LogP contribution in [0.15, 0.2) is 10.7 Å². The third-order valence-corrected chi connectivity index (χ3v) is 3.51. The first kappa shape index (κ1) is 13.9. The number of halogens is 1. The molecule has 0 saturated carbocycles. The minimum Gasteiger partial charge on any atom is -0.367 e. The van der Waals surface area contributed by atoms with Gasteiger partial charge in [-0.2, -0.15) is 0 Å². The van der Waals surface area contributed by atoms with Gasteiger partial charge in [-0.15, -0.1) is 0 Å². The molecule has 1 rings (SSSR count). The Balaban J connectivity index is 2.96. The Morgan fingerprint density at radius 3 is 2.82 bits per heavy atom.